The molecule has 1 heterocycles. The molecule has 1 saturated heterocycles. The Hall–Kier alpha value is -1.62. The molecule has 4 nitrogen and oxygen atoms in total. The Balaban J connectivity index is 1.73. The molecule has 1 fully saturated rings. The van der Waals surface area contributed by atoms with Gasteiger partial charge in [0.1, 0.15) is 6.61 Å². The van der Waals surface area contributed by atoms with Crippen molar-refractivity contribution in [2.24, 2.45) is 0 Å². The number of carbonyl (C=O) groups excluding carboxylic acids is 1. The van der Waals surface area contributed by atoms with E-state index in [-0.39, 0.29) is 12.6 Å². The molecule has 1 aromatic rings. The van der Waals surface area contributed by atoms with E-state index in [2.05, 4.69) is 10.6 Å². The molecule has 1 aliphatic rings. The molecule has 2 rings (SSSR count). The van der Waals surface area contributed by atoms with Gasteiger partial charge in [-0.2, -0.15) is 0 Å². The van der Waals surface area contributed by atoms with Crippen LogP contribution >= 0.6 is 12.2 Å². The Kier molecular flexibility index (Phi) is 3.93. The van der Waals surface area contributed by atoms with Crippen molar-refractivity contribution in [3.8, 4) is 0 Å². The van der Waals surface area contributed by atoms with Crippen LogP contribution in [0.1, 0.15) is 12.0 Å². The van der Waals surface area contributed by atoms with Gasteiger partial charge in [0.05, 0.1) is 11.0 Å². The second-order valence-electron chi connectivity index (χ2n) is 3.91. The summed E-state index contributed by atoms with van der Waals surface area (Å²) in [5.41, 5.74) is 0.975. The number of rotatable bonds is 3. The van der Waals surface area contributed by atoms with Crippen LogP contribution in [0.15, 0.2) is 30.3 Å². The van der Waals surface area contributed by atoms with Crippen molar-refractivity contribution >= 4 is 23.3 Å². The summed E-state index contributed by atoms with van der Waals surface area (Å²) in [5, 5.41) is 5.78. The molecule has 1 aliphatic heterocycles. The predicted molar refractivity (Wildman–Crippen MR) is 68.8 cm³/mol. The van der Waals surface area contributed by atoms with Gasteiger partial charge in [0.25, 0.3) is 0 Å². The zero-order valence-corrected chi connectivity index (χ0v) is 10.1. The lowest BCUT2D eigenvalue weighted by Crippen LogP contribution is -2.36. The largest absolute Gasteiger partial charge is 0.445 e. The minimum absolute atomic E-state index is 0.0470. The van der Waals surface area contributed by atoms with Crippen molar-refractivity contribution in [1.29, 1.82) is 0 Å². The molecule has 0 radical (unpaired) electrons. The highest BCUT2D eigenvalue weighted by Crippen LogP contribution is 2.03. The van der Waals surface area contributed by atoms with E-state index in [9.17, 15) is 4.79 Å². The molecule has 90 valence electrons. The van der Waals surface area contributed by atoms with Gasteiger partial charge in [0, 0.05) is 13.0 Å². The van der Waals surface area contributed by atoms with E-state index in [0.29, 0.717) is 13.0 Å². The van der Waals surface area contributed by atoms with Crippen LogP contribution in [-0.4, -0.2) is 23.7 Å². The number of benzene rings is 1. The SMILES string of the molecule is O=C(N[C@@H]1CNC(=S)C1)OCc1ccccc1. The first-order valence-corrected chi connectivity index (χ1v) is 5.89. The van der Waals surface area contributed by atoms with E-state index in [1.54, 1.807) is 0 Å². The van der Waals surface area contributed by atoms with Crippen LogP contribution in [-0.2, 0) is 11.3 Å². The molecule has 0 aliphatic carbocycles. The minimum Gasteiger partial charge on any atom is -0.445 e. The summed E-state index contributed by atoms with van der Waals surface area (Å²) in [7, 11) is 0. The number of hydrogen-bond acceptors (Lipinski definition) is 3. The zero-order chi connectivity index (χ0) is 12.1. The molecule has 0 saturated carbocycles. The fourth-order valence-corrected chi connectivity index (χ4v) is 1.92. The van der Waals surface area contributed by atoms with Crippen molar-refractivity contribution < 1.29 is 9.53 Å². The Bertz CT molecular complexity index is 408. The van der Waals surface area contributed by atoms with Gasteiger partial charge >= 0.3 is 6.09 Å². The van der Waals surface area contributed by atoms with Crippen LogP contribution in [0.2, 0.25) is 0 Å². The first-order valence-electron chi connectivity index (χ1n) is 5.48. The van der Waals surface area contributed by atoms with E-state index < -0.39 is 6.09 Å². The molecule has 17 heavy (non-hydrogen) atoms. The highest BCUT2D eigenvalue weighted by atomic mass is 32.1. The smallest absolute Gasteiger partial charge is 0.407 e. The average molecular weight is 250 g/mol. The van der Waals surface area contributed by atoms with E-state index in [0.717, 1.165) is 10.6 Å². The highest BCUT2D eigenvalue weighted by molar-refractivity contribution is 7.80. The molecule has 1 aromatic carbocycles. The van der Waals surface area contributed by atoms with E-state index in [1.807, 2.05) is 30.3 Å². The summed E-state index contributed by atoms with van der Waals surface area (Å²) in [6, 6.07) is 9.63. The third kappa shape index (κ3) is 3.71. The topological polar surface area (TPSA) is 50.4 Å². The lowest BCUT2D eigenvalue weighted by molar-refractivity contribution is 0.136. The molecule has 2 N–H and O–H groups in total. The van der Waals surface area contributed by atoms with Crippen molar-refractivity contribution in [3.63, 3.8) is 0 Å². The van der Waals surface area contributed by atoms with Crippen LogP contribution in [0.3, 0.4) is 0 Å². The summed E-state index contributed by atoms with van der Waals surface area (Å²) >= 11 is 4.99. The fraction of sp³-hybridized carbons (Fsp3) is 0.333. The third-order valence-electron chi connectivity index (χ3n) is 2.51. The van der Waals surface area contributed by atoms with Gasteiger partial charge in [-0.25, -0.2) is 4.79 Å². The van der Waals surface area contributed by atoms with Gasteiger partial charge in [-0.3, -0.25) is 0 Å². The van der Waals surface area contributed by atoms with Gasteiger partial charge in [0.2, 0.25) is 0 Å². The average Bonchev–Trinajstić information content (AvgIpc) is 2.73. The molecule has 0 bridgehead atoms. The van der Waals surface area contributed by atoms with Crippen LogP contribution in [0.4, 0.5) is 4.79 Å². The monoisotopic (exact) mass is 250 g/mol. The molecule has 5 heteroatoms. The first-order chi connectivity index (χ1) is 8.24. The Morgan fingerprint density at radius 3 is 2.88 bits per heavy atom. The van der Waals surface area contributed by atoms with Gasteiger partial charge < -0.3 is 15.4 Å². The number of hydrogen-bond donors (Lipinski definition) is 2. The van der Waals surface area contributed by atoms with E-state index in [4.69, 9.17) is 17.0 Å². The number of carbonyl (C=O) groups is 1. The quantitative estimate of drug-likeness (QED) is 0.800. The summed E-state index contributed by atoms with van der Waals surface area (Å²) in [6.45, 7) is 0.969. The maximum atomic E-state index is 11.5. The summed E-state index contributed by atoms with van der Waals surface area (Å²) in [4.78, 5) is 12.3. The first kappa shape index (κ1) is 11.9. The van der Waals surface area contributed by atoms with Crippen molar-refractivity contribution in [1.82, 2.24) is 10.6 Å². The molecule has 0 aromatic heterocycles. The van der Waals surface area contributed by atoms with Crippen LogP contribution < -0.4 is 10.6 Å². The van der Waals surface area contributed by atoms with Crippen LogP contribution in [0.5, 0.6) is 0 Å². The number of amides is 1. The normalized spacial score (nSPS) is 18.6. The maximum Gasteiger partial charge on any atom is 0.407 e. The number of alkyl carbamates (subject to hydrolysis) is 1. The second-order valence-corrected chi connectivity index (χ2v) is 4.40. The van der Waals surface area contributed by atoms with Gasteiger partial charge in [-0.05, 0) is 5.56 Å². The summed E-state index contributed by atoms with van der Waals surface area (Å²) in [6.07, 6.45) is 0.292. The molecule has 0 unspecified atom stereocenters. The van der Waals surface area contributed by atoms with E-state index >= 15 is 0 Å². The van der Waals surface area contributed by atoms with Crippen molar-refractivity contribution in [2.75, 3.05) is 6.54 Å². The Morgan fingerprint density at radius 1 is 1.47 bits per heavy atom. The highest BCUT2D eigenvalue weighted by Gasteiger charge is 2.20. The van der Waals surface area contributed by atoms with Crippen LogP contribution in [0.25, 0.3) is 0 Å². The van der Waals surface area contributed by atoms with Gasteiger partial charge in [0.15, 0.2) is 0 Å². The number of ether oxygens (including phenoxy) is 1. The van der Waals surface area contributed by atoms with Crippen molar-refractivity contribution in [2.45, 2.75) is 19.1 Å². The zero-order valence-electron chi connectivity index (χ0n) is 9.31. The summed E-state index contributed by atoms with van der Waals surface area (Å²) < 4.78 is 5.10. The fourth-order valence-electron chi connectivity index (χ4n) is 1.64. The second kappa shape index (κ2) is 5.63. The molecule has 0 spiro atoms. The van der Waals surface area contributed by atoms with Crippen LogP contribution in [0, 0.1) is 0 Å². The number of thiocarbonyl (C=S) groups is 1. The third-order valence-corrected chi connectivity index (χ3v) is 2.82. The molecule has 1 amide bonds. The lowest BCUT2D eigenvalue weighted by Gasteiger charge is -2.11. The molecular weight excluding hydrogens is 236 g/mol. The van der Waals surface area contributed by atoms with Crippen molar-refractivity contribution in [3.05, 3.63) is 35.9 Å². The summed E-state index contributed by atoms with van der Waals surface area (Å²) in [5.74, 6) is 0. The number of nitrogens with one attached hydrogen (secondary N) is 2. The Labute approximate surface area is 105 Å². The molecular formula is C12H14N2O2S. The van der Waals surface area contributed by atoms with E-state index in [1.165, 1.54) is 0 Å². The standard InChI is InChI=1S/C12H14N2O2S/c15-12(14-10-6-11(17)13-7-10)16-8-9-4-2-1-3-5-9/h1-5,10H,6-8H2,(H,13,17)(H,14,15)/t10-/m0/s1. The Morgan fingerprint density at radius 2 is 2.24 bits per heavy atom. The predicted octanol–water partition coefficient (Wildman–Crippen LogP) is 1.60. The minimum atomic E-state index is -0.398. The van der Waals surface area contributed by atoms with Gasteiger partial charge in [-0.15, -0.1) is 0 Å². The molecule has 1 atom stereocenters. The lowest BCUT2D eigenvalue weighted by atomic mass is 10.2. The maximum absolute atomic E-state index is 11.5. The van der Waals surface area contributed by atoms with Gasteiger partial charge in [-0.1, -0.05) is 42.5 Å².